The molecule has 0 spiro atoms. The maximum atomic E-state index is 11.1. The number of carboxylic acids is 1. The molecular formula is C13H9NO4. The van der Waals surface area contributed by atoms with Crippen molar-refractivity contribution >= 4 is 11.7 Å². The normalized spacial score (nSPS) is 10.0. The molecule has 0 aromatic heterocycles. The number of hydrogen-bond acceptors (Lipinski definition) is 3. The van der Waals surface area contributed by atoms with E-state index in [0.29, 0.717) is 11.1 Å². The zero-order valence-electron chi connectivity index (χ0n) is 9.24. The third kappa shape index (κ3) is 2.20. The summed E-state index contributed by atoms with van der Waals surface area (Å²) in [6, 6.07) is 12.7. The molecule has 0 aliphatic heterocycles. The number of carbonyl (C=O) groups is 1. The quantitative estimate of drug-likeness (QED) is 0.663. The number of benzene rings is 2. The van der Waals surface area contributed by atoms with Crippen molar-refractivity contribution in [2.75, 3.05) is 0 Å². The van der Waals surface area contributed by atoms with Crippen molar-refractivity contribution in [3.05, 3.63) is 64.2 Å². The van der Waals surface area contributed by atoms with E-state index in [1.54, 1.807) is 24.3 Å². The second kappa shape index (κ2) is 4.67. The Hall–Kier alpha value is -2.69. The maximum absolute atomic E-state index is 11.1. The molecule has 0 fully saturated rings. The van der Waals surface area contributed by atoms with Crippen LogP contribution in [-0.4, -0.2) is 16.0 Å². The van der Waals surface area contributed by atoms with Gasteiger partial charge in [0.1, 0.15) is 0 Å². The van der Waals surface area contributed by atoms with Crippen molar-refractivity contribution in [1.82, 2.24) is 0 Å². The van der Waals surface area contributed by atoms with Crippen molar-refractivity contribution in [3.8, 4) is 11.1 Å². The van der Waals surface area contributed by atoms with Crippen LogP contribution in [0.4, 0.5) is 5.69 Å². The van der Waals surface area contributed by atoms with Crippen LogP contribution >= 0.6 is 0 Å². The Morgan fingerprint density at radius 1 is 1.11 bits per heavy atom. The highest BCUT2D eigenvalue weighted by Gasteiger charge is 2.16. The van der Waals surface area contributed by atoms with Gasteiger partial charge in [-0.25, -0.2) is 4.79 Å². The standard InChI is InChI=1S/C13H9NO4/c15-13(16)12-8-10(14(17)18)6-7-11(12)9-4-2-1-3-5-9/h1-8H,(H,15,16). The van der Waals surface area contributed by atoms with Gasteiger partial charge in [0.2, 0.25) is 0 Å². The number of aromatic carboxylic acids is 1. The molecule has 5 nitrogen and oxygen atoms in total. The molecule has 2 aromatic carbocycles. The zero-order valence-corrected chi connectivity index (χ0v) is 9.24. The van der Waals surface area contributed by atoms with Crippen molar-refractivity contribution in [2.24, 2.45) is 0 Å². The Kier molecular flexibility index (Phi) is 3.05. The largest absolute Gasteiger partial charge is 0.478 e. The van der Waals surface area contributed by atoms with Crippen LogP contribution in [0.25, 0.3) is 11.1 Å². The minimum absolute atomic E-state index is 0.0737. The molecule has 18 heavy (non-hydrogen) atoms. The van der Waals surface area contributed by atoms with Crippen molar-refractivity contribution in [3.63, 3.8) is 0 Å². The van der Waals surface area contributed by atoms with Gasteiger partial charge in [-0.05, 0) is 17.2 Å². The molecule has 2 rings (SSSR count). The van der Waals surface area contributed by atoms with Gasteiger partial charge in [-0.15, -0.1) is 0 Å². The van der Waals surface area contributed by atoms with Crippen LogP contribution < -0.4 is 0 Å². The van der Waals surface area contributed by atoms with Gasteiger partial charge in [-0.1, -0.05) is 30.3 Å². The third-order valence-electron chi connectivity index (χ3n) is 2.53. The van der Waals surface area contributed by atoms with Gasteiger partial charge >= 0.3 is 5.97 Å². The zero-order chi connectivity index (χ0) is 13.1. The number of nitro groups is 1. The van der Waals surface area contributed by atoms with Crippen molar-refractivity contribution < 1.29 is 14.8 Å². The highest BCUT2D eigenvalue weighted by molar-refractivity contribution is 5.96. The van der Waals surface area contributed by atoms with Crippen molar-refractivity contribution in [1.29, 1.82) is 0 Å². The van der Waals surface area contributed by atoms with Gasteiger partial charge in [0, 0.05) is 12.1 Å². The first-order valence-electron chi connectivity index (χ1n) is 5.17. The molecule has 0 saturated carbocycles. The van der Waals surface area contributed by atoms with Crippen LogP contribution in [0.1, 0.15) is 10.4 Å². The molecular weight excluding hydrogens is 234 g/mol. The van der Waals surface area contributed by atoms with Crippen LogP contribution in [0.15, 0.2) is 48.5 Å². The Morgan fingerprint density at radius 3 is 2.33 bits per heavy atom. The SMILES string of the molecule is O=C(O)c1cc([N+](=O)[O-])ccc1-c1ccccc1. The van der Waals surface area contributed by atoms with Gasteiger partial charge in [-0.2, -0.15) is 0 Å². The first-order valence-corrected chi connectivity index (χ1v) is 5.17. The fourth-order valence-corrected chi connectivity index (χ4v) is 1.69. The van der Waals surface area contributed by atoms with E-state index < -0.39 is 10.9 Å². The highest BCUT2D eigenvalue weighted by Crippen LogP contribution is 2.27. The number of nitro benzene ring substituents is 1. The maximum Gasteiger partial charge on any atom is 0.336 e. The van der Waals surface area contributed by atoms with Crippen molar-refractivity contribution in [2.45, 2.75) is 0 Å². The molecule has 0 radical (unpaired) electrons. The van der Waals surface area contributed by atoms with Crippen LogP contribution in [0.3, 0.4) is 0 Å². The summed E-state index contributed by atoms with van der Waals surface area (Å²) < 4.78 is 0. The summed E-state index contributed by atoms with van der Waals surface area (Å²) in [5.41, 5.74) is 0.876. The summed E-state index contributed by atoms with van der Waals surface area (Å²) >= 11 is 0. The summed E-state index contributed by atoms with van der Waals surface area (Å²) in [4.78, 5) is 21.2. The average molecular weight is 243 g/mol. The van der Waals surface area contributed by atoms with E-state index in [-0.39, 0.29) is 11.3 Å². The summed E-state index contributed by atoms with van der Waals surface area (Å²) in [6.45, 7) is 0. The number of nitrogens with zero attached hydrogens (tertiary/aromatic N) is 1. The third-order valence-corrected chi connectivity index (χ3v) is 2.53. The highest BCUT2D eigenvalue weighted by atomic mass is 16.6. The Morgan fingerprint density at radius 2 is 1.78 bits per heavy atom. The molecule has 1 N–H and O–H groups in total. The lowest BCUT2D eigenvalue weighted by molar-refractivity contribution is -0.384. The van der Waals surface area contributed by atoms with E-state index in [1.807, 2.05) is 6.07 Å². The van der Waals surface area contributed by atoms with E-state index in [1.165, 1.54) is 12.1 Å². The molecule has 0 amide bonds. The molecule has 90 valence electrons. The predicted octanol–water partition coefficient (Wildman–Crippen LogP) is 2.96. The Balaban J connectivity index is 2.61. The Labute approximate surface area is 102 Å². The van der Waals surface area contributed by atoms with Gasteiger partial charge < -0.3 is 5.11 Å². The molecule has 2 aromatic rings. The van der Waals surface area contributed by atoms with E-state index in [4.69, 9.17) is 5.11 Å². The topological polar surface area (TPSA) is 80.4 Å². The first-order chi connectivity index (χ1) is 8.59. The van der Waals surface area contributed by atoms with Gasteiger partial charge in [0.15, 0.2) is 0 Å². The smallest absolute Gasteiger partial charge is 0.336 e. The van der Waals surface area contributed by atoms with Gasteiger partial charge in [-0.3, -0.25) is 10.1 Å². The fraction of sp³-hybridized carbons (Fsp3) is 0. The summed E-state index contributed by atoms with van der Waals surface area (Å²) in [7, 11) is 0. The Bertz CT molecular complexity index is 608. The van der Waals surface area contributed by atoms with Crippen LogP contribution in [0.2, 0.25) is 0 Å². The van der Waals surface area contributed by atoms with Crippen LogP contribution in [0.5, 0.6) is 0 Å². The predicted molar refractivity (Wildman–Crippen MR) is 65.5 cm³/mol. The lowest BCUT2D eigenvalue weighted by atomic mass is 9.99. The molecule has 5 heteroatoms. The van der Waals surface area contributed by atoms with Gasteiger partial charge in [0.25, 0.3) is 5.69 Å². The summed E-state index contributed by atoms with van der Waals surface area (Å²) in [5, 5.41) is 19.7. The van der Waals surface area contributed by atoms with Crippen LogP contribution in [0, 0.1) is 10.1 Å². The second-order valence-corrected chi connectivity index (χ2v) is 3.66. The molecule has 0 heterocycles. The minimum Gasteiger partial charge on any atom is -0.478 e. The minimum atomic E-state index is -1.18. The lowest BCUT2D eigenvalue weighted by Crippen LogP contribution is -2.01. The number of non-ortho nitro benzene ring substituents is 1. The molecule has 0 unspecified atom stereocenters. The van der Waals surface area contributed by atoms with E-state index in [2.05, 4.69) is 0 Å². The number of hydrogen-bond donors (Lipinski definition) is 1. The van der Waals surface area contributed by atoms with E-state index in [9.17, 15) is 14.9 Å². The second-order valence-electron chi connectivity index (χ2n) is 3.66. The lowest BCUT2D eigenvalue weighted by Gasteiger charge is -2.05. The first kappa shape index (κ1) is 11.8. The molecule has 0 aliphatic rings. The molecule has 0 bridgehead atoms. The number of rotatable bonds is 3. The monoisotopic (exact) mass is 243 g/mol. The number of carboxylic acid groups (broad SMARTS) is 1. The molecule has 0 aliphatic carbocycles. The average Bonchev–Trinajstić information content (AvgIpc) is 2.39. The summed E-state index contributed by atoms with van der Waals surface area (Å²) in [5.74, 6) is -1.18. The van der Waals surface area contributed by atoms with E-state index >= 15 is 0 Å². The fourth-order valence-electron chi connectivity index (χ4n) is 1.69. The van der Waals surface area contributed by atoms with E-state index in [0.717, 1.165) is 6.07 Å². The molecule has 0 saturated heterocycles. The van der Waals surface area contributed by atoms with Crippen LogP contribution in [-0.2, 0) is 0 Å². The summed E-state index contributed by atoms with van der Waals surface area (Å²) in [6.07, 6.45) is 0. The molecule has 0 atom stereocenters. The van der Waals surface area contributed by atoms with Gasteiger partial charge in [0.05, 0.1) is 10.5 Å².